The van der Waals surface area contributed by atoms with Crippen molar-refractivity contribution in [3.63, 3.8) is 0 Å². The van der Waals surface area contributed by atoms with Gasteiger partial charge in [-0.1, -0.05) is 0 Å². The number of piperidine rings is 1. The van der Waals surface area contributed by atoms with Crippen LogP contribution in [0.25, 0.3) is 0 Å². The second kappa shape index (κ2) is 9.69. The minimum atomic E-state index is -0.428. The van der Waals surface area contributed by atoms with Crippen molar-refractivity contribution < 1.29 is 19.3 Å². The molecule has 2 unspecified atom stereocenters. The van der Waals surface area contributed by atoms with E-state index in [0.717, 1.165) is 32.5 Å². The third kappa shape index (κ3) is 6.66. The molecule has 0 radical (unpaired) electrons. The predicted molar refractivity (Wildman–Crippen MR) is 69.8 cm³/mol. The van der Waals surface area contributed by atoms with Crippen molar-refractivity contribution in [2.75, 3.05) is 53.2 Å². The number of rotatable bonds is 9. The van der Waals surface area contributed by atoms with Gasteiger partial charge in [0.15, 0.2) is 0 Å². The van der Waals surface area contributed by atoms with E-state index in [1.54, 1.807) is 7.11 Å². The van der Waals surface area contributed by atoms with Gasteiger partial charge in [-0.2, -0.15) is 0 Å². The number of nitrogens with zero attached hydrogens (tertiary/aromatic N) is 1. The Labute approximate surface area is 110 Å². The van der Waals surface area contributed by atoms with Gasteiger partial charge in [0.2, 0.25) is 0 Å². The Morgan fingerprint density at radius 2 is 2.22 bits per heavy atom. The molecule has 0 amide bonds. The lowest BCUT2D eigenvalue weighted by atomic mass is 10.1. The number of β-amino-alcohol motifs (C(OH)–C–C–N with tert-alkyl or cyclic N) is 1. The normalized spacial score (nSPS) is 23.2. The highest BCUT2D eigenvalue weighted by molar-refractivity contribution is 4.75. The molecule has 1 heterocycles. The van der Waals surface area contributed by atoms with Crippen LogP contribution in [0.5, 0.6) is 0 Å². The molecule has 1 rings (SSSR count). The van der Waals surface area contributed by atoms with Crippen LogP contribution in [0.3, 0.4) is 0 Å². The summed E-state index contributed by atoms with van der Waals surface area (Å²) in [5.41, 5.74) is 0. The molecule has 18 heavy (non-hydrogen) atoms. The molecule has 1 saturated heterocycles. The molecular formula is C13H27NO4. The molecule has 2 atom stereocenters. The molecule has 1 aliphatic rings. The molecule has 0 bridgehead atoms. The minimum absolute atomic E-state index is 0.324. The highest BCUT2D eigenvalue weighted by Gasteiger charge is 2.21. The summed E-state index contributed by atoms with van der Waals surface area (Å²) in [4.78, 5) is 2.26. The Morgan fingerprint density at radius 1 is 1.39 bits per heavy atom. The number of aliphatic hydroxyl groups is 1. The number of ether oxygens (including phenoxy) is 3. The van der Waals surface area contributed by atoms with E-state index >= 15 is 0 Å². The van der Waals surface area contributed by atoms with Gasteiger partial charge in [0.25, 0.3) is 0 Å². The average Bonchev–Trinajstić information content (AvgIpc) is 2.35. The van der Waals surface area contributed by atoms with Crippen LogP contribution in [0.1, 0.15) is 19.8 Å². The summed E-state index contributed by atoms with van der Waals surface area (Å²) in [6.45, 7) is 6.90. The highest BCUT2D eigenvalue weighted by Crippen LogP contribution is 2.13. The third-order valence-electron chi connectivity index (χ3n) is 3.08. The first-order chi connectivity index (χ1) is 8.76. The fourth-order valence-electron chi connectivity index (χ4n) is 2.26. The summed E-state index contributed by atoms with van der Waals surface area (Å²) in [5, 5.41) is 9.87. The zero-order chi connectivity index (χ0) is 13.2. The van der Waals surface area contributed by atoms with Crippen molar-refractivity contribution in [2.45, 2.75) is 32.0 Å². The van der Waals surface area contributed by atoms with Crippen molar-refractivity contribution in [1.29, 1.82) is 0 Å². The minimum Gasteiger partial charge on any atom is -0.389 e. The van der Waals surface area contributed by atoms with Crippen LogP contribution in [-0.2, 0) is 14.2 Å². The molecule has 0 aliphatic carbocycles. The first kappa shape index (κ1) is 15.9. The standard InChI is InChI=1S/C13H27NO4/c1-3-18-13-5-4-6-14(10-13)9-12(15)11-17-8-7-16-2/h12-13,15H,3-11H2,1-2H3. The molecule has 5 heteroatoms. The molecule has 1 aliphatic heterocycles. The van der Waals surface area contributed by atoms with Crippen LogP contribution in [0.15, 0.2) is 0 Å². The number of hydrogen-bond acceptors (Lipinski definition) is 5. The molecular weight excluding hydrogens is 234 g/mol. The lowest BCUT2D eigenvalue weighted by molar-refractivity contribution is -0.0286. The van der Waals surface area contributed by atoms with Gasteiger partial charge >= 0.3 is 0 Å². The zero-order valence-electron chi connectivity index (χ0n) is 11.6. The number of hydrogen-bond donors (Lipinski definition) is 1. The maximum Gasteiger partial charge on any atom is 0.0900 e. The smallest absolute Gasteiger partial charge is 0.0900 e. The highest BCUT2D eigenvalue weighted by atomic mass is 16.5. The van der Waals surface area contributed by atoms with Crippen molar-refractivity contribution >= 4 is 0 Å². The van der Waals surface area contributed by atoms with Crippen molar-refractivity contribution in [3.8, 4) is 0 Å². The SMILES string of the molecule is CCOC1CCCN(CC(O)COCCOC)C1. The van der Waals surface area contributed by atoms with Gasteiger partial charge in [-0.05, 0) is 26.3 Å². The zero-order valence-corrected chi connectivity index (χ0v) is 11.6. The van der Waals surface area contributed by atoms with Gasteiger partial charge in [0, 0.05) is 26.8 Å². The van der Waals surface area contributed by atoms with E-state index in [9.17, 15) is 5.11 Å². The van der Waals surface area contributed by atoms with Gasteiger partial charge in [0.1, 0.15) is 0 Å². The van der Waals surface area contributed by atoms with Crippen molar-refractivity contribution in [2.24, 2.45) is 0 Å². The van der Waals surface area contributed by atoms with Crippen LogP contribution in [-0.4, -0.2) is 75.4 Å². The van der Waals surface area contributed by atoms with Gasteiger partial charge < -0.3 is 19.3 Å². The monoisotopic (exact) mass is 261 g/mol. The lowest BCUT2D eigenvalue weighted by Crippen LogP contribution is -2.44. The van der Waals surface area contributed by atoms with E-state index in [-0.39, 0.29) is 0 Å². The van der Waals surface area contributed by atoms with E-state index < -0.39 is 6.10 Å². The second-order valence-corrected chi connectivity index (χ2v) is 4.70. The van der Waals surface area contributed by atoms with Crippen LogP contribution in [0, 0.1) is 0 Å². The Hall–Kier alpha value is -0.200. The second-order valence-electron chi connectivity index (χ2n) is 4.70. The summed E-state index contributed by atoms with van der Waals surface area (Å²) >= 11 is 0. The Morgan fingerprint density at radius 3 is 2.94 bits per heavy atom. The van der Waals surface area contributed by atoms with E-state index in [1.165, 1.54) is 0 Å². The average molecular weight is 261 g/mol. The molecule has 108 valence electrons. The summed E-state index contributed by atoms with van der Waals surface area (Å²) in [7, 11) is 1.64. The summed E-state index contributed by atoms with van der Waals surface area (Å²) in [5.74, 6) is 0. The van der Waals surface area contributed by atoms with Crippen LogP contribution in [0.4, 0.5) is 0 Å². The van der Waals surface area contributed by atoms with Crippen molar-refractivity contribution in [1.82, 2.24) is 4.90 Å². The number of methoxy groups -OCH3 is 1. The van der Waals surface area contributed by atoms with E-state index in [2.05, 4.69) is 4.90 Å². The topological polar surface area (TPSA) is 51.2 Å². The maximum absolute atomic E-state index is 9.87. The Kier molecular flexibility index (Phi) is 8.54. The molecule has 0 aromatic carbocycles. The summed E-state index contributed by atoms with van der Waals surface area (Å²) in [6, 6.07) is 0. The predicted octanol–water partition coefficient (Wildman–Crippen LogP) is 0.511. The lowest BCUT2D eigenvalue weighted by Gasteiger charge is -2.33. The molecule has 5 nitrogen and oxygen atoms in total. The number of likely N-dealkylation sites (tertiary alicyclic amines) is 1. The van der Waals surface area contributed by atoms with Gasteiger partial charge in [-0.3, -0.25) is 4.90 Å². The molecule has 1 fully saturated rings. The fraction of sp³-hybridized carbons (Fsp3) is 1.00. The van der Waals surface area contributed by atoms with Crippen LogP contribution in [0.2, 0.25) is 0 Å². The molecule has 0 saturated carbocycles. The summed E-state index contributed by atoms with van der Waals surface area (Å²) in [6.07, 6.45) is 2.17. The van der Waals surface area contributed by atoms with Crippen molar-refractivity contribution in [3.05, 3.63) is 0 Å². The van der Waals surface area contributed by atoms with Gasteiger partial charge in [-0.25, -0.2) is 0 Å². The largest absolute Gasteiger partial charge is 0.389 e. The third-order valence-corrected chi connectivity index (χ3v) is 3.08. The van der Waals surface area contributed by atoms with Gasteiger partial charge in [0.05, 0.1) is 32.0 Å². The molecule has 1 N–H and O–H groups in total. The molecule has 0 aromatic heterocycles. The Bertz CT molecular complexity index is 201. The first-order valence-corrected chi connectivity index (χ1v) is 6.85. The maximum atomic E-state index is 9.87. The van der Waals surface area contributed by atoms with Crippen LogP contribution < -0.4 is 0 Å². The first-order valence-electron chi connectivity index (χ1n) is 6.85. The van der Waals surface area contributed by atoms with E-state index in [1.807, 2.05) is 6.92 Å². The Balaban J connectivity index is 2.12. The summed E-state index contributed by atoms with van der Waals surface area (Å²) < 4.78 is 15.8. The fourth-order valence-corrected chi connectivity index (χ4v) is 2.26. The number of aliphatic hydroxyl groups excluding tert-OH is 1. The van der Waals surface area contributed by atoms with E-state index in [0.29, 0.717) is 32.5 Å². The quantitative estimate of drug-likeness (QED) is 0.613. The van der Waals surface area contributed by atoms with Crippen LogP contribution >= 0.6 is 0 Å². The molecule has 0 spiro atoms. The molecule has 0 aromatic rings. The van der Waals surface area contributed by atoms with Gasteiger partial charge in [-0.15, -0.1) is 0 Å². The van der Waals surface area contributed by atoms with E-state index in [4.69, 9.17) is 14.2 Å².